The van der Waals surface area contributed by atoms with E-state index < -0.39 is 17.6 Å². The van der Waals surface area contributed by atoms with Crippen LogP contribution in [0.3, 0.4) is 0 Å². The number of fused-ring (bicyclic) bond motifs is 1. The highest BCUT2D eigenvalue weighted by Gasteiger charge is 2.34. The van der Waals surface area contributed by atoms with Crippen LogP contribution in [0.15, 0.2) is 91.0 Å². The number of aromatic nitrogens is 2. The van der Waals surface area contributed by atoms with Gasteiger partial charge >= 0.3 is 6.18 Å². The molecule has 0 N–H and O–H groups in total. The van der Waals surface area contributed by atoms with Gasteiger partial charge in [-0.1, -0.05) is 78.3 Å². The molecular formula is C29H21ClF4N2. The van der Waals surface area contributed by atoms with Crippen LogP contribution in [0, 0.1) is 5.82 Å². The summed E-state index contributed by atoms with van der Waals surface area (Å²) in [6.45, 7) is -0.0431. The van der Waals surface area contributed by atoms with Crippen LogP contribution in [-0.2, 0) is 25.6 Å². The Balaban J connectivity index is 1.61. The molecule has 182 valence electrons. The summed E-state index contributed by atoms with van der Waals surface area (Å²) in [6, 6.07) is 26.0. The Morgan fingerprint density at radius 2 is 1.50 bits per heavy atom. The second kappa shape index (κ2) is 9.78. The Morgan fingerprint density at radius 3 is 2.25 bits per heavy atom. The summed E-state index contributed by atoms with van der Waals surface area (Å²) in [4.78, 5) is 0. The molecule has 5 rings (SSSR count). The second-order valence-corrected chi connectivity index (χ2v) is 9.06. The van der Waals surface area contributed by atoms with Gasteiger partial charge in [0.15, 0.2) is 0 Å². The van der Waals surface area contributed by atoms with Crippen molar-refractivity contribution in [3.05, 3.63) is 124 Å². The minimum Gasteiger partial charge on any atom is -0.259 e. The van der Waals surface area contributed by atoms with E-state index in [9.17, 15) is 17.6 Å². The molecule has 0 atom stereocenters. The maximum Gasteiger partial charge on any atom is 0.418 e. The first-order chi connectivity index (χ1) is 17.3. The van der Waals surface area contributed by atoms with Crippen LogP contribution < -0.4 is 0 Å². The van der Waals surface area contributed by atoms with E-state index in [1.165, 1.54) is 28.4 Å². The Hall–Kier alpha value is -3.64. The van der Waals surface area contributed by atoms with Crippen LogP contribution in [0.25, 0.3) is 22.2 Å². The molecule has 0 saturated heterocycles. The van der Waals surface area contributed by atoms with Crippen molar-refractivity contribution in [1.29, 1.82) is 0 Å². The second-order valence-electron chi connectivity index (χ2n) is 8.63. The number of alkyl halides is 3. The van der Waals surface area contributed by atoms with E-state index in [2.05, 4.69) is 17.2 Å². The third-order valence-corrected chi connectivity index (χ3v) is 6.39. The van der Waals surface area contributed by atoms with E-state index in [-0.39, 0.29) is 22.6 Å². The summed E-state index contributed by atoms with van der Waals surface area (Å²) in [5.41, 5.74) is 2.76. The van der Waals surface area contributed by atoms with E-state index in [0.717, 1.165) is 30.0 Å². The number of rotatable bonds is 6. The lowest BCUT2D eigenvalue weighted by atomic mass is 9.99. The number of aryl methyl sites for hydroxylation is 2. The Labute approximate surface area is 210 Å². The van der Waals surface area contributed by atoms with Crippen molar-refractivity contribution in [3.8, 4) is 11.3 Å². The van der Waals surface area contributed by atoms with Crippen molar-refractivity contribution >= 4 is 22.5 Å². The lowest BCUT2D eigenvalue weighted by molar-refractivity contribution is -0.136. The van der Waals surface area contributed by atoms with Crippen molar-refractivity contribution in [2.75, 3.05) is 0 Å². The molecule has 0 aliphatic rings. The minimum absolute atomic E-state index is 0.0431. The molecule has 0 fully saturated rings. The SMILES string of the molecule is Fc1cc(Cl)ccc1Cn1nc2c(C(F)(F)F)cccc2c1-c1cccc(CCc2ccccc2)c1. The molecule has 0 saturated carbocycles. The molecule has 0 aliphatic heterocycles. The zero-order chi connectivity index (χ0) is 25.3. The molecule has 0 aliphatic carbocycles. The number of nitrogens with zero attached hydrogens (tertiary/aromatic N) is 2. The van der Waals surface area contributed by atoms with E-state index >= 15 is 0 Å². The lowest BCUT2D eigenvalue weighted by Gasteiger charge is -2.11. The van der Waals surface area contributed by atoms with Crippen molar-refractivity contribution in [2.45, 2.75) is 25.6 Å². The number of halogens is 5. The van der Waals surface area contributed by atoms with E-state index in [0.29, 0.717) is 11.1 Å². The van der Waals surface area contributed by atoms with E-state index in [1.54, 1.807) is 12.1 Å². The standard InChI is InChI=1S/C29H21ClF4N2/c30-23-15-14-22(26(31)17-23)18-36-28(24-10-5-11-25(27(24)35-36)29(32,33)34)21-9-4-8-20(16-21)13-12-19-6-2-1-3-7-19/h1-11,14-17H,12-13,18H2. The first kappa shape index (κ1) is 24.1. The summed E-state index contributed by atoms with van der Waals surface area (Å²) in [5, 5.41) is 4.94. The first-order valence-corrected chi connectivity index (χ1v) is 11.8. The molecule has 1 aromatic heterocycles. The van der Waals surface area contributed by atoms with Gasteiger partial charge in [-0.15, -0.1) is 0 Å². The normalized spacial score (nSPS) is 11.8. The monoisotopic (exact) mass is 508 g/mol. The fourth-order valence-electron chi connectivity index (χ4n) is 4.42. The molecule has 2 nitrogen and oxygen atoms in total. The van der Waals surface area contributed by atoms with Crippen LogP contribution in [0.2, 0.25) is 5.02 Å². The summed E-state index contributed by atoms with van der Waals surface area (Å²) < 4.78 is 57.5. The van der Waals surface area contributed by atoms with Gasteiger partial charge in [0.05, 0.1) is 17.8 Å². The predicted molar refractivity (Wildman–Crippen MR) is 135 cm³/mol. The zero-order valence-electron chi connectivity index (χ0n) is 19.1. The van der Waals surface area contributed by atoms with Gasteiger partial charge in [-0.25, -0.2) is 4.39 Å². The zero-order valence-corrected chi connectivity index (χ0v) is 19.8. The van der Waals surface area contributed by atoms with Crippen LogP contribution in [0.1, 0.15) is 22.3 Å². The highest BCUT2D eigenvalue weighted by atomic mass is 35.5. The maximum atomic E-state index is 14.6. The van der Waals surface area contributed by atoms with Gasteiger partial charge in [-0.2, -0.15) is 18.3 Å². The lowest BCUT2D eigenvalue weighted by Crippen LogP contribution is -2.07. The highest BCUT2D eigenvalue weighted by Crippen LogP contribution is 2.38. The van der Waals surface area contributed by atoms with Crippen molar-refractivity contribution in [3.63, 3.8) is 0 Å². The highest BCUT2D eigenvalue weighted by molar-refractivity contribution is 6.30. The van der Waals surface area contributed by atoms with Crippen LogP contribution in [0.4, 0.5) is 17.6 Å². The summed E-state index contributed by atoms with van der Waals surface area (Å²) in [5.74, 6) is -0.541. The van der Waals surface area contributed by atoms with Crippen LogP contribution in [0.5, 0.6) is 0 Å². The van der Waals surface area contributed by atoms with Gasteiger partial charge in [-0.3, -0.25) is 4.68 Å². The topological polar surface area (TPSA) is 17.8 Å². The molecule has 7 heteroatoms. The molecule has 5 aromatic rings. The molecule has 0 radical (unpaired) electrons. The van der Waals surface area contributed by atoms with Gasteiger partial charge in [-0.05, 0) is 48.2 Å². The third-order valence-electron chi connectivity index (χ3n) is 6.16. The third kappa shape index (κ3) is 5.00. The molecule has 0 spiro atoms. The van der Waals surface area contributed by atoms with E-state index in [4.69, 9.17) is 11.6 Å². The van der Waals surface area contributed by atoms with Gasteiger partial charge in [0.25, 0.3) is 0 Å². The van der Waals surface area contributed by atoms with Crippen molar-refractivity contribution in [1.82, 2.24) is 9.78 Å². The molecule has 1 heterocycles. The largest absolute Gasteiger partial charge is 0.418 e. The Kier molecular flexibility index (Phi) is 6.54. The average Bonchev–Trinajstić information content (AvgIpc) is 3.22. The summed E-state index contributed by atoms with van der Waals surface area (Å²) in [7, 11) is 0. The number of hydrogen-bond donors (Lipinski definition) is 0. The van der Waals surface area contributed by atoms with Gasteiger partial charge in [0, 0.05) is 21.5 Å². The quantitative estimate of drug-likeness (QED) is 0.211. The molecule has 36 heavy (non-hydrogen) atoms. The molecule has 0 amide bonds. The molecule has 4 aromatic carbocycles. The molecule has 0 bridgehead atoms. The number of benzene rings is 4. The fourth-order valence-corrected chi connectivity index (χ4v) is 4.58. The molecule has 0 unspecified atom stereocenters. The van der Waals surface area contributed by atoms with Gasteiger partial charge in [0.2, 0.25) is 0 Å². The first-order valence-electron chi connectivity index (χ1n) is 11.4. The predicted octanol–water partition coefficient (Wildman–Crippen LogP) is 8.35. The maximum absolute atomic E-state index is 14.6. The molecular weight excluding hydrogens is 488 g/mol. The Bertz CT molecular complexity index is 1520. The van der Waals surface area contributed by atoms with Gasteiger partial charge < -0.3 is 0 Å². The van der Waals surface area contributed by atoms with Gasteiger partial charge in [0.1, 0.15) is 11.3 Å². The smallest absolute Gasteiger partial charge is 0.259 e. The van der Waals surface area contributed by atoms with Crippen LogP contribution >= 0.6 is 11.6 Å². The fraction of sp³-hybridized carbons (Fsp3) is 0.138. The number of hydrogen-bond acceptors (Lipinski definition) is 1. The van der Waals surface area contributed by atoms with Crippen molar-refractivity contribution < 1.29 is 17.6 Å². The van der Waals surface area contributed by atoms with E-state index in [1.807, 2.05) is 42.5 Å². The van der Waals surface area contributed by atoms with Crippen LogP contribution in [-0.4, -0.2) is 9.78 Å². The average molecular weight is 509 g/mol. The Morgan fingerprint density at radius 1 is 0.778 bits per heavy atom. The van der Waals surface area contributed by atoms with Crippen molar-refractivity contribution in [2.24, 2.45) is 0 Å². The minimum atomic E-state index is -4.57. The summed E-state index contributed by atoms with van der Waals surface area (Å²) in [6.07, 6.45) is -2.97. The summed E-state index contributed by atoms with van der Waals surface area (Å²) >= 11 is 5.89.